The Morgan fingerprint density at radius 3 is 2.93 bits per heavy atom. The summed E-state index contributed by atoms with van der Waals surface area (Å²) in [6.07, 6.45) is 3.00. The minimum absolute atomic E-state index is 0.0461. The van der Waals surface area contributed by atoms with Crippen LogP contribution in [-0.4, -0.2) is 36.9 Å². The number of nitrogens with one attached hydrogen (secondary N) is 1. The van der Waals surface area contributed by atoms with Crippen LogP contribution in [-0.2, 0) is 9.53 Å². The molecule has 2 atom stereocenters. The normalized spacial score (nSPS) is 25.5. The Labute approximate surface area is 91.0 Å². The molecule has 88 valence electrons. The topological polar surface area (TPSA) is 58.6 Å². The van der Waals surface area contributed by atoms with Crippen molar-refractivity contribution in [3.63, 3.8) is 0 Å². The lowest BCUT2D eigenvalue weighted by atomic mass is 10.1. The SMILES string of the molecule is CCOCCC(=O)NCC1CCC(O)C1. The molecule has 0 spiro atoms. The number of aliphatic hydroxyl groups excluding tert-OH is 1. The van der Waals surface area contributed by atoms with Crippen molar-refractivity contribution >= 4 is 5.91 Å². The molecule has 2 N–H and O–H groups in total. The highest BCUT2D eigenvalue weighted by Gasteiger charge is 2.22. The summed E-state index contributed by atoms with van der Waals surface area (Å²) in [5.74, 6) is 0.501. The maximum atomic E-state index is 11.3. The Morgan fingerprint density at radius 1 is 1.53 bits per heavy atom. The van der Waals surface area contributed by atoms with Gasteiger partial charge in [0.1, 0.15) is 0 Å². The molecule has 2 unspecified atom stereocenters. The number of hydrogen-bond donors (Lipinski definition) is 2. The summed E-state index contributed by atoms with van der Waals surface area (Å²) < 4.78 is 5.09. The standard InChI is InChI=1S/C11H21NO3/c1-2-15-6-5-11(14)12-8-9-3-4-10(13)7-9/h9-10,13H,2-8H2,1H3,(H,12,14). The van der Waals surface area contributed by atoms with Gasteiger partial charge in [0.2, 0.25) is 5.91 Å². The summed E-state index contributed by atoms with van der Waals surface area (Å²) in [4.78, 5) is 11.3. The third kappa shape index (κ3) is 5.14. The molecule has 0 heterocycles. The zero-order valence-corrected chi connectivity index (χ0v) is 9.37. The van der Waals surface area contributed by atoms with E-state index in [4.69, 9.17) is 4.74 Å². The molecule has 0 aliphatic heterocycles. The molecule has 0 bridgehead atoms. The monoisotopic (exact) mass is 215 g/mol. The molecule has 1 aliphatic rings. The van der Waals surface area contributed by atoms with Crippen molar-refractivity contribution in [3.05, 3.63) is 0 Å². The predicted octanol–water partition coefficient (Wildman–Crippen LogP) is 0.690. The number of carbonyl (C=O) groups is 1. The Morgan fingerprint density at radius 2 is 2.33 bits per heavy atom. The minimum atomic E-state index is -0.157. The zero-order chi connectivity index (χ0) is 11.1. The number of aliphatic hydroxyl groups is 1. The van der Waals surface area contributed by atoms with Crippen LogP contribution < -0.4 is 5.32 Å². The van der Waals surface area contributed by atoms with Gasteiger partial charge in [-0.15, -0.1) is 0 Å². The van der Waals surface area contributed by atoms with E-state index in [1.165, 1.54) is 0 Å². The largest absolute Gasteiger partial charge is 0.393 e. The average Bonchev–Trinajstić information content (AvgIpc) is 2.62. The van der Waals surface area contributed by atoms with Gasteiger partial charge in [-0.05, 0) is 32.1 Å². The Balaban J connectivity index is 2.01. The third-order valence-electron chi connectivity index (χ3n) is 2.78. The maximum absolute atomic E-state index is 11.3. The first-order chi connectivity index (χ1) is 7.22. The van der Waals surface area contributed by atoms with Crippen LogP contribution >= 0.6 is 0 Å². The molecule has 1 aliphatic carbocycles. The number of hydrogen-bond acceptors (Lipinski definition) is 3. The molecule has 0 saturated heterocycles. The van der Waals surface area contributed by atoms with Gasteiger partial charge in [0, 0.05) is 19.6 Å². The van der Waals surface area contributed by atoms with E-state index < -0.39 is 0 Å². The van der Waals surface area contributed by atoms with Crippen molar-refractivity contribution in [1.82, 2.24) is 5.32 Å². The number of carbonyl (C=O) groups excluding carboxylic acids is 1. The Bertz CT molecular complexity index is 196. The van der Waals surface area contributed by atoms with Gasteiger partial charge in [-0.2, -0.15) is 0 Å². The summed E-state index contributed by atoms with van der Waals surface area (Å²) in [5.41, 5.74) is 0. The summed E-state index contributed by atoms with van der Waals surface area (Å²) in [6.45, 7) is 3.76. The molecule has 4 heteroatoms. The van der Waals surface area contributed by atoms with Crippen LogP contribution in [0.25, 0.3) is 0 Å². The second-order valence-corrected chi connectivity index (χ2v) is 4.08. The summed E-state index contributed by atoms with van der Waals surface area (Å²) in [7, 11) is 0. The maximum Gasteiger partial charge on any atom is 0.222 e. The molecule has 15 heavy (non-hydrogen) atoms. The zero-order valence-electron chi connectivity index (χ0n) is 9.37. The van der Waals surface area contributed by atoms with Gasteiger partial charge in [-0.3, -0.25) is 4.79 Å². The van der Waals surface area contributed by atoms with E-state index in [1.54, 1.807) is 0 Å². The molecular formula is C11H21NO3. The Hall–Kier alpha value is -0.610. The van der Waals surface area contributed by atoms with Crippen LogP contribution in [0, 0.1) is 5.92 Å². The average molecular weight is 215 g/mol. The van der Waals surface area contributed by atoms with Crippen molar-refractivity contribution in [2.24, 2.45) is 5.92 Å². The van der Waals surface area contributed by atoms with Gasteiger partial charge in [-0.1, -0.05) is 0 Å². The lowest BCUT2D eigenvalue weighted by Crippen LogP contribution is -2.29. The van der Waals surface area contributed by atoms with Gasteiger partial charge < -0.3 is 15.2 Å². The lowest BCUT2D eigenvalue weighted by Gasteiger charge is -2.10. The van der Waals surface area contributed by atoms with Crippen LogP contribution in [0.2, 0.25) is 0 Å². The minimum Gasteiger partial charge on any atom is -0.393 e. The van der Waals surface area contributed by atoms with Crippen molar-refractivity contribution in [2.45, 2.75) is 38.7 Å². The van der Waals surface area contributed by atoms with Crippen LogP contribution in [0.1, 0.15) is 32.6 Å². The number of amides is 1. The van der Waals surface area contributed by atoms with E-state index in [9.17, 15) is 9.90 Å². The third-order valence-corrected chi connectivity index (χ3v) is 2.78. The van der Waals surface area contributed by atoms with E-state index in [2.05, 4.69) is 5.32 Å². The highest BCUT2D eigenvalue weighted by Crippen LogP contribution is 2.24. The highest BCUT2D eigenvalue weighted by molar-refractivity contribution is 5.75. The first-order valence-electron chi connectivity index (χ1n) is 5.75. The quantitative estimate of drug-likeness (QED) is 0.641. The molecule has 0 radical (unpaired) electrons. The highest BCUT2D eigenvalue weighted by atomic mass is 16.5. The molecule has 0 aromatic carbocycles. The van der Waals surface area contributed by atoms with Gasteiger partial charge in [0.05, 0.1) is 12.7 Å². The molecular weight excluding hydrogens is 194 g/mol. The van der Waals surface area contributed by atoms with Gasteiger partial charge in [-0.25, -0.2) is 0 Å². The van der Waals surface area contributed by atoms with Gasteiger partial charge in [0.15, 0.2) is 0 Å². The van der Waals surface area contributed by atoms with Crippen LogP contribution in [0.5, 0.6) is 0 Å². The molecule has 0 aromatic heterocycles. The van der Waals surface area contributed by atoms with E-state index >= 15 is 0 Å². The van der Waals surface area contributed by atoms with E-state index in [1.807, 2.05) is 6.92 Å². The predicted molar refractivity (Wildman–Crippen MR) is 57.5 cm³/mol. The fourth-order valence-electron chi connectivity index (χ4n) is 1.89. The fourth-order valence-corrected chi connectivity index (χ4v) is 1.89. The van der Waals surface area contributed by atoms with Crippen LogP contribution in [0.4, 0.5) is 0 Å². The molecule has 1 saturated carbocycles. The summed E-state index contributed by atoms with van der Waals surface area (Å²) >= 11 is 0. The van der Waals surface area contributed by atoms with Crippen LogP contribution in [0.15, 0.2) is 0 Å². The summed E-state index contributed by atoms with van der Waals surface area (Å²) in [6, 6.07) is 0. The Kier molecular flexibility index (Phi) is 5.65. The number of ether oxygens (including phenoxy) is 1. The lowest BCUT2D eigenvalue weighted by molar-refractivity contribution is -0.122. The van der Waals surface area contributed by atoms with E-state index in [0.29, 0.717) is 32.1 Å². The fraction of sp³-hybridized carbons (Fsp3) is 0.909. The van der Waals surface area contributed by atoms with Crippen molar-refractivity contribution in [3.8, 4) is 0 Å². The first-order valence-corrected chi connectivity index (χ1v) is 5.75. The van der Waals surface area contributed by atoms with E-state index in [-0.39, 0.29) is 12.0 Å². The smallest absolute Gasteiger partial charge is 0.222 e. The number of rotatable bonds is 6. The first kappa shape index (κ1) is 12.5. The van der Waals surface area contributed by atoms with Gasteiger partial charge in [0.25, 0.3) is 0 Å². The molecule has 4 nitrogen and oxygen atoms in total. The molecule has 1 rings (SSSR count). The summed E-state index contributed by atoms with van der Waals surface area (Å²) in [5, 5.41) is 12.2. The van der Waals surface area contributed by atoms with Crippen molar-refractivity contribution in [1.29, 1.82) is 0 Å². The van der Waals surface area contributed by atoms with E-state index in [0.717, 1.165) is 19.3 Å². The van der Waals surface area contributed by atoms with Crippen LogP contribution in [0.3, 0.4) is 0 Å². The molecule has 0 aromatic rings. The van der Waals surface area contributed by atoms with Crippen molar-refractivity contribution in [2.75, 3.05) is 19.8 Å². The molecule has 1 fully saturated rings. The second kappa shape index (κ2) is 6.80. The van der Waals surface area contributed by atoms with Crippen molar-refractivity contribution < 1.29 is 14.6 Å². The van der Waals surface area contributed by atoms with Gasteiger partial charge >= 0.3 is 0 Å². The molecule has 1 amide bonds. The second-order valence-electron chi connectivity index (χ2n) is 4.08.